The van der Waals surface area contributed by atoms with E-state index in [2.05, 4.69) is 28.0 Å². The number of aromatic nitrogens is 2. The van der Waals surface area contributed by atoms with Gasteiger partial charge >= 0.3 is 0 Å². The van der Waals surface area contributed by atoms with Gasteiger partial charge in [-0.15, -0.1) is 0 Å². The van der Waals surface area contributed by atoms with E-state index in [1.807, 2.05) is 6.07 Å². The van der Waals surface area contributed by atoms with Gasteiger partial charge in [0.15, 0.2) is 0 Å². The van der Waals surface area contributed by atoms with Gasteiger partial charge in [-0.2, -0.15) is 0 Å². The van der Waals surface area contributed by atoms with Crippen LogP contribution in [-0.4, -0.2) is 34.1 Å². The summed E-state index contributed by atoms with van der Waals surface area (Å²) < 4.78 is 2.48. The number of nitrogens with zero attached hydrogens (tertiary/aromatic N) is 3. The average molecular weight is 359 g/mol. The van der Waals surface area contributed by atoms with Gasteiger partial charge in [0.2, 0.25) is 0 Å². The van der Waals surface area contributed by atoms with Crippen LogP contribution in [0.4, 0.5) is 0 Å². The van der Waals surface area contributed by atoms with Crippen LogP contribution in [0.15, 0.2) is 18.2 Å². The highest BCUT2D eigenvalue weighted by molar-refractivity contribution is 6.31. The molecule has 2 fully saturated rings. The number of likely N-dealkylation sites (tertiary alicyclic amines) is 1. The van der Waals surface area contributed by atoms with Gasteiger partial charge in [0.25, 0.3) is 0 Å². The van der Waals surface area contributed by atoms with Gasteiger partial charge in [0.05, 0.1) is 11.0 Å². The Hall–Kier alpha value is -1.06. The van der Waals surface area contributed by atoms with Gasteiger partial charge in [0, 0.05) is 17.5 Å². The van der Waals surface area contributed by atoms with E-state index in [9.17, 15) is 0 Å². The van der Waals surface area contributed by atoms with Crippen LogP contribution in [0.5, 0.6) is 0 Å². The van der Waals surface area contributed by atoms with E-state index in [1.165, 1.54) is 82.3 Å². The molecule has 2 heterocycles. The van der Waals surface area contributed by atoms with E-state index < -0.39 is 0 Å². The lowest BCUT2D eigenvalue weighted by molar-refractivity contribution is 0.246. The number of hydrogen-bond acceptors (Lipinski definition) is 2. The maximum atomic E-state index is 6.29. The molecule has 1 aromatic heterocycles. The second-order valence-corrected chi connectivity index (χ2v) is 8.09. The number of hydrogen-bond donors (Lipinski definition) is 0. The van der Waals surface area contributed by atoms with Crippen LogP contribution in [-0.2, 0) is 6.54 Å². The molecule has 2 aliphatic rings. The molecule has 135 valence electrons. The summed E-state index contributed by atoms with van der Waals surface area (Å²) in [6.45, 7) is 4.71. The molecule has 0 atom stereocenters. The van der Waals surface area contributed by atoms with Crippen LogP contribution in [0.2, 0.25) is 5.02 Å². The van der Waals surface area contributed by atoms with Crippen molar-refractivity contribution in [2.24, 2.45) is 0 Å². The first kappa shape index (κ1) is 17.4. The van der Waals surface area contributed by atoms with Gasteiger partial charge in [-0.25, -0.2) is 4.98 Å². The molecule has 1 saturated carbocycles. The van der Waals surface area contributed by atoms with Crippen LogP contribution in [0.1, 0.15) is 63.1 Å². The van der Waals surface area contributed by atoms with Gasteiger partial charge in [-0.3, -0.25) is 0 Å². The Morgan fingerprint density at radius 3 is 2.64 bits per heavy atom. The minimum Gasteiger partial charge on any atom is -0.328 e. The minimum absolute atomic E-state index is 0.629. The second kappa shape index (κ2) is 8.09. The van der Waals surface area contributed by atoms with Gasteiger partial charge in [-0.1, -0.05) is 30.9 Å². The topological polar surface area (TPSA) is 21.1 Å². The molecule has 3 nitrogen and oxygen atoms in total. The highest BCUT2D eigenvalue weighted by atomic mass is 35.5. The molecule has 4 heteroatoms. The maximum Gasteiger partial charge on any atom is 0.112 e. The van der Waals surface area contributed by atoms with Crippen molar-refractivity contribution in [3.8, 4) is 0 Å². The first-order valence-electron chi connectivity index (χ1n) is 10.0. The third kappa shape index (κ3) is 4.03. The largest absolute Gasteiger partial charge is 0.328 e. The van der Waals surface area contributed by atoms with E-state index >= 15 is 0 Å². The average Bonchev–Trinajstić information content (AvgIpc) is 3.01. The van der Waals surface area contributed by atoms with Crippen molar-refractivity contribution in [1.82, 2.24) is 14.5 Å². The number of aryl methyl sites for hydroxylation is 1. The fourth-order valence-electron chi connectivity index (χ4n) is 4.50. The third-order valence-electron chi connectivity index (χ3n) is 5.87. The number of halogens is 1. The molecule has 1 aliphatic carbocycles. The lowest BCUT2D eigenvalue weighted by atomic mass is 9.88. The molecular formula is C21H29ClN3. The number of fused-ring (bicyclic) bond motifs is 1. The summed E-state index contributed by atoms with van der Waals surface area (Å²) in [6.07, 6.45) is 12.8. The van der Waals surface area contributed by atoms with Crippen LogP contribution in [0.25, 0.3) is 11.0 Å². The zero-order valence-electron chi connectivity index (χ0n) is 15.1. The summed E-state index contributed by atoms with van der Waals surface area (Å²) >= 11 is 6.29. The van der Waals surface area contributed by atoms with Gasteiger partial charge in [0.1, 0.15) is 5.82 Å². The molecule has 25 heavy (non-hydrogen) atoms. The molecular weight excluding hydrogens is 330 g/mol. The summed E-state index contributed by atoms with van der Waals surface area (Å²) in [5.74, 6) is 1.94. The molecule has 0 spiro atoms. The smallest absolute Gasteiger partial charge is 0.112 e. The number of imidazole rings is 1. The fraction of sp³-hybridized carbons (Fsp3) is 0.619. The minimum atomic E-state index is 0.629. The van der Waals surface area contributed by atoms with Gasteiger partial charge < -0.3 is 9.47 Å². The van der Waals surface area contributed by atoms with Crippen LogP contribution < -0.4 is 0 Å². The summed E-state index contributed by atoms with van der Waals surface area (Å²) in [4.78, 5) is 7.63. The van der Waals surface area contributed by atoms with E-state index in [4.69, 9.17) is 16.6 Å². The predicted molar refractivity (Wildman–Crippen MR) is 105 cm³/mol. The Morgan fingerprint density at radius 2 is 1.84 bits per heavy atom. The summed E-state index contributed by atoms with van der Waals surface area (Å²) in [6, 6.07) is 6.16. The SMILES string of the molecule is Clc1ccc2nc(C3CCCCC3)n(CCCN3CC[CH]CC3)c2c1. The second-order valence-electron chi connectivity index (χ2n) is 7.65. The Morgan fingerprint density at radius 1 is 1.04 bits per heavy atom. The van der Waals surface area contributed by atoms with E-state index in [1.54, 1.807) is 0 Å². The predicted octanol–water partition coefficient (Wildman–Crippen LogP) is 5.43. The van der Waals surface area contributed by atoms with Crippen molar-refractivity contribution in [3.05, 3.63) is 35.5 Å². The molecule has 2 aromatic rings. The van der Waals surface area contributed by atoms with Crippen LogP contribution in [0, 0.1) is 6.42 Å². The van der Waals surface area contributed by atoms with Crippen molar-refractivity contribution < 1.29 is 0 Å². The number of rotatable bonds is 5. The van der Waals surface area contributed by atoms with Gasteiger partial charge in [-0.05, 0) is 76.4 Å². The highest BCUT2D eigenvalue weighted by Crippen LogP contribution is 2.34. The van der Waals surface area contributed by atoms with E-state index in [0.717, 1.165) is 17.1 Å². The Bertz CT molecular complexity index is 696. The standard InChI is InChI=1S/C21H29ClN3/c22-18-10-11-19-20(16-18)25(15-7-14-24-12-5-2-6-13-24)21(23-19)17-8-3-1-4-9-17/h2,10-11,16-17H,1,3-9,12-15H2. The zero-order chi connectivity index (χ0) is 17.1. The summed E-state index contributed by atoms with van der Waals surface area (Å²) in [5, 5.41) is 0.815. The molecule has 1 saturated heterocycles. The maximum absolute atomic E-state index is 6.29. The summed E-state index contributed by atoms with van der Waals surface area (Å²) in [5.41, 5.74) is 2.33. The normalized spacial score (nSPS) is 20.4. The third-order valence-corrected chi connectivity index (χ3v) is 6.10. The van der Waals surface area contributed by atoms with E-state index in [0.29, 0.717) is 5.92 Å². The molecule has 0 unspecified atom stereocenters. The fourth-order valence-corrected chi connectivity index (χ4v) is 4.67. The number of benzene rings is 1. The quantitative estimate of drug-likeness (QED) is 0.710. The van der Waals surface area contributed by atoms with Crippen molar-refractivity contribution in [2.75, 3.05) is 19.6 Å². The Kier molecular flexibility index (Phi) is 5.62. The monoisotopic (exact) mass is 358 g/mol. The molecule has 0 N–H and O–H groups in total. The van der Waals surface area contributed by atoms with Crippen molar-refractivity contribution in [1.29, 1.82) is 0 Å². The molecule has 0 amide bonds. The van der Waals surface area contributed by atoms with Crippen LogP contribution >= 0.6 is 11.6 Å². The lowest BCUT2D eigenvalue weighted by Gasteiger charge is -2.27. The zero-order valence-corrected chi connectivity index (χ0v) is 15.8. The molecule has 1 aromatic carbocycles. The first-order chi connectivity index (χ1) is 12.3. The van der Waals surface area contributed by atoms with Crippen molar-refractivity contribution in [2.45, 2.75) is 63.8 Å². The number of piperidine rings is 1. The van der Waals surface area contributed by atoms with E-state index in [-0.39, 0.29) is 0 Å². The molecule has 4 rings (SSSR count). The van der Waals surface area contributed by atoms with Crippen molar-refractivity contribution in [3.63, 3.8) is 0 Å². The molecule has 1 radical (unpaired) electrons. The highest BCUT2D eigenvalue weighted by Gasteiger charge is 2.22. The Labute approximate surface area is 156 Å². The molecule has 0 bridgehead atoms. The summed E-state index contributed by atoms with van der Waals surface area (Å²) in [7, 11) is 0. The van der Waals surface area contributed by atoms with Crippen LogP contribution in [0.3, 0.4) is 0 Å². The lowest BCUT2D eigenvalue weighted by Crippen LogP contribution is -2.31. The molecule has 1 aliphatic heterocycles. The Balaban J connectivity index is 1.54. The first-order valence-corrected chi connectivity index (χ1v) is 10.4. The van der Waals surface area contributed by atoms with Crippen molar-refractivity contribution >= 4 is 22.6 Å².